The molecule has 0 spiro atoms. The van der Waals surface area contributed by atoms with Gasteiger partial charge in [0.2, 0.25) is 5.91 Å². The van der Waals surface area contributed by atoms with E-state index in [-0.39, 0.29) is 5.91 Å². The third-order valence-electron chi connectivity index (χ3n) is 1.99. The maximum atomic E-state index is 11.3. The van der Waals surface area contributed by atoms with Crippen LogP contribution in [0.25, 0.3) is 0 Å². The molecule has 0 fully saturated rings. The summed E-state index contributed by atoms with van der Waals surface area (Å²) >= 11 is 0. The van der Waals surface area contributed by atoms with Crippen LogP contribution in [0.15, 0.2) is 6.20 Å². The topological polar surface area (TPSA) is 46.9 Å². The van der Waals surface area contributed by atoms with Gasteiger partial charge >= 0.3 is 0 Å². The standard InChI is InChI=1S/C10H17N3O/c1-4-6-10(14)11-9-7-13(3)12-8(9)5-2/h7H,4-6H2,1-3H3,(H,11,14). The van der Waals surface area contributed by atoms with Crippen molar-refractivity contribution < 1.29 is 4.79 Å². The van der Waals surface area contributed by atoms with Crippen LogP contribution >= 0.6 is 0 Å². The van der Waals surface area contributed by atoms with Gasteiger partial charge in [-0.15, -0.1) is 0 Å². The van der Waals surface area contributed by atoms with E-state index in [1.54, 1.807) is 4.68 Å². The van der Waals surface area contributed by atoms with Crippen molar-refractivity contribution in [2.45, 2.75) is 33.1 Å². The number of nitrogens with one attached hydrogen (secondary N) is 1. The Balaban J connectivity index is 2.70. The van der Waals surface area contributed by atoms with Crippen LogP contribution in [0.2, 0.25) is 0 Å². The van der Waals surface area contributed by atoms with Gasteiger partial charge in [-0.1, -0.05) is 13.8 Å². The molecule has 0 atom stereocenters. The minimum absolute atomic E-state index is 0.0650. The predicted molar refractivity (Wildman–Crippen MR) is 56.1 cm³/mol. The van der Waals surface area contributed by atoms with E-state index in [4.69, 9.17) is 0 Å². The van der Waals surface area contributed by atoms with Gasteiger partial charge < -0.3 is 5.32 Å². The molecule has 0 saturated carbocycles. The summed E-state index contributed by atoms with van der Waals surface area (Å²) in [6.07, 6.45) is 4.11. The van der Waals surface area contributed by atoms with Gasteiger partial charge in [-0.25, -0.2) is 0 Å². The number of carbonyl (C=O) groups is 1. The van der Waals surface area contributed by atoms with Crippen molar-refractivity contribution in [3.05, 3.63) is 11.9 Å². The number of hydrogen-bond donors (Lipinski definition) is 1. The van der Waals surface area contributed by atoms with E-state index in [1.807, 2.05) is 27.1 Å². The van der Waals surface area contributed by atoms with E-state index >= 15 is 0 Å². The number of nitrogens with zero attached hydrogens (tertiary/aromatic N) is 2. The molecule has 78 valence electrons. The first-order chi connectivity index (χ1) is 6.67. The fraction of sp³-hybridized carbons (Fsp3) is 0.600. The number of carbonyl (C=O) groups excluding carboxylic acids is 1. The van der Waals surface area contributed by atoms with Crippen molar-refractivity contribution in [3.8, 4) is 0 Å². The number of hydrogen-bond acceptors (Lipinski definition) is 2. The molecule has 1 amide bonds. The van der Waals surface area contributed by atoms with Gasteiger partial charge in [0.15, 0.2) is 0 Å². The second kappa shape index (κ2) is 4.79. The Morgan fingerprint density at radius 3 is 2.86 bits per heavy atom. The molecule has 0 radical (unpaired) electrons. The minimum Gasteiger partial charge on any atom is -0.323 e. The number of aryl methyl sites for hydroxylation is 2. The van der Waals surface area contributed by atoms with Gasteiger partial charge in [0.25, 0.3) is 0 Å². The molecule has 0 aliphatic rings. The molecule has 14 heavy (non-hydrogen) atoms. The molecule has 1 N–H and O–H groups in total. The van der Waals surface area contributed by atoms with Crippen molar-refractivity contribution in [2.24, 2.45) is 7.05 Å². The molecule has 1 rings (SSSR count). The van der Waals surface area contributed by atoms with Gasteiger partial charge in [0.05, 0.1) is 11.4 Å². The van der Waals surface area contributed by atoms with Gasteiger partial charge in [0.1, 0.15) is 0 Å². The first-order valence-electron chi connectivity index (χ1n) is 4.99. The van der Waals surface area contributed by atoms with Crippen molar-refractivity contribution >= 4 is 11.6 Å². The molecule has 0 aromatic carbocycles. The van der Waals surface area contributed by atoms with Crippen LogP contribution in [0.1, 0.15) is 32.4 Å². The number of amides is 1. The molecule has 0 unspecified atom stereocenters. The highest BCUT2D eigenvalue weighted by Crippen LogP contribution is 2.13. The van der Waals surface area contributed by atoms with Gasteiger partial charge in [-0.3, -0.25) is 9.48 Å². The van der Waals surface area contributed by atoms with Crippen LogP contribution in [0, 0.1) is 0 Å². The Labute approximate surface area is 84.3 Å². The molecule has 0 saturated heterocycles. The van der Waals surface area contributed by atoms with Crippen LogP contribution in [-0.4, -0.2) is 15.7 Å². The zero-order valence-electron chi connectivity index (χ0n) is 9.00. The molecule has 4 heteroatoms. The SMILES string of the molecule is CCCC(=O)Nc1cn(C)nc1CC. The molecule has 4 nitrogen and oxygen atoms in total. The molecule has 1 heterocycles. The lowest BCUT2D eigenvalue weighted by Gasteiger charge is -2.02. The van der Waals surface area contributed by atoms with Crippen molar-refractivity contribution in [3.63, 3.8) is 0 Å². The van der Waals surface area contributed by atoms with Crippen LogP contribution < -0.4 is 5.32 Å². The first-order valence-corrected chi connectivity index (χ1v) is 4.99. The van der Waals surface area contributed by atoms with Crippen molar-refractivity contribution in [1.82, 2.24) is 9.78 Å². The first kappa shape index (κ1) is 10.8. The summed E-state index contributed by atoms with van der Waals surface area (Å²) in [7, 11) is 1.86. The largest absolute Gasteiger partial charge is 0.323 e. The highest BCUT2D eigenvalue weighted by molar-refractivity contribution is 5.91. The molecular weight excluding hydrogens is 178 g/mol. The predicted octanol–water partition coefficient (Wildman–Crippen LogP) is 1.72. The van der Waals surface area contributed by atoms with E-state index < -0.39 is 0 Å². The van der Waals surface area contributed by atoms with E-state index in [1.165, 1.54) is 0 Å². The Bertz CT molecular complexity index is 317. The Kier molecular flexibility index (Phi) is 3.68. The van der Waals surface area contributed by atoms with E-state index in [9.17, 15) is 4.79 Å². The average molecular weight is 195 g/mol. The second-order valence-electron chi connectivity index (χ2n) is 3.31. The molecule has 0 aliphatic carbocycles. The Hall–Kier alpha value is -1.32. The summed E-state index contributed by atoms with van der Waals surface area (Å²) in [6.45, 7) is 4.02. The second-order valence-corrected chi connectivity index (χ2v) is 3.31. The summed E-state index contributed by atoms with van der Waals surface area (Å²) in [5.41, 5.74) is 1.78. The third-order valence-corrected chi connectivity index (χ3v) is 1.99. The molecule has 1 aromatic rings. The van der Waals surface area contributed by atoms with Crippen LogP contribution in [0.5, 0.6) is 0 Å². The number of aromatic nitrogens is 2. The monoisotopic (exact) mass is 195 g/mol. The molecule has 0 bridgehead atoms. The summed E-state index contributed by atoms with van der Waals surface area (Å²) in [6, 6.07) is 0. The highest BCUT2D eigenvalue weighted by Gasteiger charge is 2.08. The number of anilines is 1. The lowest BCUT2D eigenvalue weighted by molar-refractivity contribution is -0.116. The number of rotatable bonds is 4. The van der Waals surface area contributed by atoms with Gasteiger partial charge in [-0.2, -0.15) is 5.10 Å². The van der Waals surface area contributed by atoms with Crippen molar-refractivity contribution in [2.75, 3.05) is 5.32 Å². The lowest BCUT2D eigenvalue weighted by Crippen LogP contribution is -2.11. The molecule has 0 aliphatic heterocycles. The summed E-state index contributed by atoms with van der Waals surface area (Å²) < 4.78 is 1.72. The minimum atomic E-state index is 0.0650. The fourth-order valence-electron chi connectivity index (χ4n) is 1.34. The van der Waals surface area contributed by atoms with E-state index in [0.29, 0.717) is 6.42 Å². The van der Waals surface area contributed by atoms with Crippen LogP contribution in [0.3, 0.4) is 0 Å². The maximum absolute atomic E-state index is 11.3. The van der Waals surface area contributed by atoms with Crippen LogP contribution in [-0.2, 0) is 18.3 Å². The summed E-state index contributed by atoms with van der Waals surface area (Å²) in [5, 5.41) is 7.11. The molecule has 1 aromatic heterocycles. The fourth-order valence-corrected chi connectivity index (χ4v) is 1.34. The zero-order valence-corrected chi connectivity index (χ0v) is 9.00. The van der Waals surface area contributed by atoms with E-state index in [2.05, 4.69) is 10.4 Å². The lowest BCUT2D eigenvalue weighted by atomic mass is 10.2. The quantitative estimate of drug-likeness (QED) is 0.795. The highest BCUT2D eigenvalue weighted by atomic mass is 16.1. The smallest absolute Gasteiger partial charge is 0.224 e. The Morgan fingerprint density at radius 1 is 1.57 bits per heavy atom. The zero-order chi connectivity index (χ0) is 10.6. The molecular formula is C10H17N3O. The normalized spacial score (nSPS) is 10.2. The van der Waals surface area contributed by atoms with Crippen molar-refractivity contribution in [1.29, 1.82) is 0 Å². The maximum Gasteiger partial charge on any atom is 0.224 e. The van der Waals surface area contributed by atoms with E-state index in [0.717, 1.165) is 24.2 Å². The third kappa shape index (κ3) is 2.58. The average Bonchev–Trinajstić information content (AvgIpc) is 2.46. The van der Waals surface area contributed by atoms with Gasteiger partial charge in [0, 0.05) is 19.7 Å². The summed E-state index contributed by atoms with van der Waals surface area (Å²) in [5.74, 6) is 0.0650. The Morgan fingerprint density at radius 2 is 2.29 bits per heavy atom. The summed E-state index contributed by atoms with van der Waals surface area (Å²) in [4.78, 5) is 11.3. The van der Waals surface area contributed by atoms with Crippen LogP contribution in [0.4, 0.5) is 5.69 Å². The van der Waals surface area contributed by atoms with Gasteiger partial charge in [-0.05, 0) is 12.8 Å².